The van der Waals surface area contributed by atoms with E-state index in [0.29, 0.717) is 6.73 Å². The van der Waals surface area contributed by atoms with Crippen LogP contribution in [0.25, 0.3) is 0 Å². The topological polar surface area (TPSA) is 55.6 Å². The van der Waals surface area contributed by atoms with Gasteiger partial charge in [-0.3, -0.25) is 10.1 Å². The molecule has 0 bridgehead atoms. The van der Waals surface area contributed by atoms with E-state index >= 15 is 0 Å². The van der Waals surface area contributed by atoms with Crippen molar-refractivity contribution in [1.82, 2.24) is 0 Å². The zero-order chi connectivity index (χ0) is 12.5. The standard InChI is InChI=1S/C13H10N2O3/c16-15(17)11-5-3-4-10(8-11)14-9-18-13-7-2-1-6-12(13)14/h1-8H,9H2. The van der Waals surface area contributed by atoms with Gasteiger partial charge >= 0.3 is 0 Å². The third kappa shape index (κ3) is 1.66. The molecule has 0 radical (unpaired) electrons. The molecule has 1 aliphatic heterocycles. The van der Waals surface area contributed by atoms with Gasteiger partial charge in [-0.2, -0.15) is 0 Å². The summed E-state index contributed by atoms with van der Waals surface area (Å²) in [5.41, 5.74) is 1.77. The molecule has 3 rings (SSSR count). The van der Waals surface area contributed by atoms with Crippen molar-refractivity contribution in [3.8, 4) is 5.75 Å². The Kier molecular flexibility index (Phi) is 2.37. The molecule has 2 aromatic rings. The molecule has 0 spiro atoms. The summed E-state index contributed by atoms with van der Waals surface area (Å²) >= 11 is 0. The lowest BCUT2D eigenvalue weighted by molar-refractivity contribution is -0.384. The molecule has 18 heavy (non-hydrogen) atoms. The van der Waals surface area contributed by atoms with Crippen molar-refractivity contribution >= 4 is 17.1 Å². The Labute approximate surface area is 103 Å². The first-order valence-corrected chi connectivity index (χ1v) is 5.49. The number of nitro groups is 1. The van der Waals surface area contributed by atoms with Crippen molar-refractivity contribution in [2.24, 2.45) is 0 Å². The van der Waals surface area contributed by atoms with Gasteiger partial charge in [0.15, 0.2) is 6.73 Å². The van der Waals surface area contributed by atoms with E-state index < -0.39 is 4.92 Å². The molecule has 2 aromatic carbocycles. The molecule has 0 aliphatic carbocycles. The van der Waals surface area contributed by atoms with E-state index in [4.69, 9.17) is 4.74 Å². The van der Waals surface area contributed by atoms with Crippen LogP contribution < -0.4 is 9.64 Å². The lowest BCUT2D eigenvalue weighted by Gasteiger charge is -2.15. The zero-order valence-electron chi connectivity index (χ0n) is 9.45. The predicted octanol–water partition coefficient (Wildman–Crippen LogP) is 3.08. The van der Waals surface area contributed by atoms with Crippen LogP contribution in [0.3, 0.4) is 0 Å². The normalized spacial score (nSPS) is 13.0. The van der Waals surface area contributed by atoms with Crippen LogP contribution in [0.2, 0.25) is 0 Å². The van der Waals surface area contributed by atoms with Crippen LogP contribution in [-0.2, 0) is 0 Å². The molecule has 0 aromatic heterocycles. The first kappa shape index (κ1) is 10.6. The van der Waals surface area contributed by atoms with Crippen molar-refractivity contribution in [2.45, 2.75) is 0 Å². The first-order valence-electron chi connectivity index (χ1n) is 5.49. The van der Waals surface area contributed by atoms with E-state index in [1.54, 1.807) is 12.1 Å². The summed E-state index contributed by atoms with van der Waals surface area (Å²) in [6, 6.07) is 14.2. The van der Waals surface area contributed by atoms with Gasteiger partial charge in [0.25, 0.3) is 5.69 Å². The van der Waals surface area contributed by atoms with Gasteiger partial charge in [-0.15, -0.1) is 0 Å². The Morgan fingerprint density at radius 3 is 2.83 bits per heavy atom. The van der Waals surface area contributed by atoms with Gasteiger partial charge in [0.2, 0.25) is 0 Å². The average molecular weight is 242 g/mol. The molecule has 1 aliphatic rings. The number of hydrogen-bond acceptors (Lipinski definition) is 4. The Hall–Kier alpha value is -2.56. The summed E-state index contributed by atoms with van der Waals surface area (Å²) in [7, 11) is 0. The van der Waals surface area contributed by atoms with Gasteiger partial charge in [0, 0.05) is 12.1 Å². The molecule has 0 amide bonds. The number of benzene rings is 2. The summed E-state index contributed by atoms with van der Waals surface area (Å²) < 4.78 is 5.52. The van der Waals surface area contributed by atoms with E-state index in [9.17, 15) is 10.1 Å². The fraction of sp³-hybridized carbons (Fsp3) is 0.0769. The van der Waals surface area contributed by atoms with Crippen molar-refractivity contribution in [3.63, 3.8) is 0 Å². The molecule has 5 heteroatoms. The molecule has 5 nitrogen and oxygen atoms in total. The minimum absolute atomic E-state index is 0.0804. The molecule has 90 valence electrons. The quantitative estimate of drug-likeness (QED) is 0.599. The van der Waals surface area contributed by atoms with Gasteiger partial charge in [0.1, 0.15) is 5.75 Å². The maximum Gasteiger partial charge on any atom is 0.271 e. The SMILES string of the molecule is O=[N+]([O-])c1cccc(N2COc3ccccc32)c1. The van der Waals surface area contributed by atoms with Gasteiger partial charge in [-0.1, -0.05) is 18.2 Å². The third-order valence-electron chi connectivity index (χ3n) is 2.86. The van der Waals surface area contributed by atoms with Crippen molar-refractivity contribution in [2.75, 3.05) is 11.6 Å². The van der Waals surface area contributed by atoms with Crippen LogP contribution in [0.1, 0.15) is 0 Å². The molecule has 0 N–H and O–H groups in total. The Balaban J connectivity index is 2.02. The van der Waals surface area contributed by atoms with Gasteiger partial charge in [-0.05, 0) is 18.2 Å². The number of hydrogen-bond donors (Lipinski definition) is 0. The molecule has 0 saturated heterocycles. The summed E-state index contributed by atoms with van der Waals surface area (Å²) in [6.45, 7) is 0.376. The lowest BCUT2D eigenvalue weighted by atomic mass is 10.2. The Morgan fingerprint density at radius 1 is 1.17 bits per heavy atom. The van der Waals surface area contributed by atoms with Crippen LogP contribution in [-0.4, -0.2) is 11.7 Å². The maximum absolute atomic E-state index is 10.8. The summed E-state index contributed by atoms with van der Waals surface area (Å²) in [4.78, 5) is 12.3. The Morgan fingerprint density at radius 2 is 2.00 bits per heavy atom. The molecule has 0 saturated carbocycles. The van der Waals surface area contributed by atoms with Crippen LogP contribution in [0.4, 0.5) is 17.1 Å². The maximum atomic E-state index is 10.8. The van der Waals surface area contributed by atoms with E-state index in [2.05, 4.69) is 0 Å². The highest BCUT2D eigenvalue weighted by Crippen LogP contribution is 2.39. The minimum atomic E-state index is -0.396. The summed E-state index contributed by atoms with van der Waals surface area (Å²) in [5, 5.41) is 10.8. The highest BCUT2D eigenvalue weighted by molar-refractivity contribution is 5.72. The number of non-ortho nitro benzene ring substituents is 1. The Bertz CT molecular complexity index is 613. The van der Waals surface area contributed by atoms with Crippen LogP contribution in [0, 0.1) is 10.1 Å². The third-order valence-corrected chi connectivity index (χ3v) is 2.86. The molecular weight excluding hydrogens is 232 g/mol. The summed E-state index contributed by atoms with van der Waals surface area (Å²) in [5.74, 6) is 0.795. The number of rotatable bonds is 2. The van der Waals surface area contributed by atoms with Crippen LogP contribution in [0.5, 0.6) is 5.75 Å². The van der Waals surface area contributed by atoms with Crippen molar-refractivity contribution < 1.29 is 9.66 Å². The fourth-order valence-corrected chi connectivity index (χ4v) is 1.99. The molecule has 1 heterocycles. The van der Waals surface area contributed by atoms with Crippen molar-refractivity contribution in [3.05, 3.63) is 58.6 Å². The first-order chi connectivity index (χ1) is 8.75. The highest BCUT2D eigenvalue weighted by Gasteiger charge is 2.22. The number of para-hydroxylation sites is 2. The van der Waals surface area contributed by atoms with Crippen LogP contribution >= 0.6 is 0 Å². The second kappa shape index (κ2) is 4.03. The van der Waals surface area contributed by atoms with Crippen molar-refractivity contribution in [1.29, 1.82) is 0 Å². The largest absolute Gasteiger partial charge is 0.471 e. The minimum Gasteiger partial charge on any atom is -0.471 e. The monoisotopic (exact) mass is 242 g/mol. The molecule has 0 unspecified atom stereocenters. The highest BCUT2D eigenvalue weighted by atomic mass is 16.6. The fourth-order valence-electron chi connectivity index (χ4n) is 1.99. The molecule has 0 fully saturated rings. The lowest BCUT2D eigenvalue weighted by Crippen LogP contribution is -2.15. The molecular formula is C13H10N2O3. The van der Waals surface area contributed by atoms with Gasteiger partial charge < -0.3 is 9.64 Å². The molecule has 0 atom stereocenters. The van der Waals surface area contributed by atoms with E-state index in [0.717, 1.165) is 17.1 Å². The number of nitrogens with zero attached hydrogens (tertiary/aromatic N) is 2. The van der Waals surface area contributed by atoms with Gasteiger partial charge in [-0.25, -0.2) is 0 Å². The van der Waals surface area contributed by atoms with Crippen LogP contribution in [0.15, 0.2) is 48.5 Å². The zero-order valence-corrected chi connectivity index (χ0v) is 9.45. The number of nitro benzene ring substituents is 1. The predicted molar refractivity (Wildman–Crippen MR) is 67.2 cm³/mol. The number of anilines is 2. The summed E-state index contributed by atoms with van der Waals surface area (Å²) in [6.07, 6.45) is 0. The average Bonchev–Trinajstić information content (AvgIpc) is 2.82. The second-order valence-corrected chi connectivity index (χ2v) is 3.95. The number of ether oxygens (including phenoxy) is 1. The van der Waals surface area contributed by atoms with Gasteiger partial charge in [0.05, 0.1) is 16.3 Å². The van der Waals surface area contributed by atoms with E-state index in [1.807, 2.05) is 35.2 Å². The second-order valence-electron chi connectivity index (χ2n) is 3.95. The smallest absolute Gasteiger partial charge is 0.271 e. The number of fused-ring (bicyclic) bond motifs is 1. The van der Waals surface area contributed by atoms with E-state index in [-0.39, 0.29) is 5.69 Å². The van der Waals surface area contributed by atoms with E-state index in [1.165, 1.54) is 6.07 Å².